The van der Waals surface area contributed by atoms with E-state index >= 15 is 0 Å². The number of ether oxygens (including phenoxy) is 3. The molecule has 0 saturated carbocycles. The molecule has 1 amide bonds. The number of aliphatic hydroxyl groups is 1. The van der Waals surface area contributed by atoms with Gasteiger partial charge in [-0.1, -0.05) is 19.9 Å². The van der Waals surface area contributed by atoms with E-state index in [-0.39, 0.29) is 17.4 Å². The van der Waals surface area contributed by atoms with Crippen LogP contribution < -0.4 is 14.2 Å². The number of Topliss-reactive ketones (excluding diaryl/α,β-unsaturated/α-hetero) is 1. The molecule has 0 unspecified atom stereocenters. The molecule has 2 aromatic carbocycles. The third kappa shape index (κ3) is 5.65. The monoisotopic (exact) mass is 522 g/mol. The number of hydrogen-bond donors (Lipinski definition) is 1. The molecule has 1 N–H and O–H groups in total. The average Bonchev–Trinajstić information content (AvgIpc) is 3.37. The topological polar surface area (TPSA) is 88.5 Å². The molecule has 0 bridgehead atoms. The van der Waals surface area contributed by atoms with Gasteiger partial charge in [-0.05, 0) is 74.8 Å². The third-order valence-electron chi connectivity index (χ3n) is 6.95. The predicted molar refractivity (Wildman–Crippen MR) is 146 cm³/mol. The second kappa shape index (κ2) is 11.5. The molecule has 204 valence electrons. The van der Waals surface area contributed by atoms with Gasteiger partial charge >= 0.3 is 0 Å². The molecule has 0 spiro atoms. The van der Waals surface area contributed by atoms with E-state index in [0.29, 0.717) is 54.7 Å². The van der Waals surface area contributed by atoms with Crippen molar-refractivity contribution in [3.63, 3.8) is 0 Å². The first-order chi connectivity index (χ1) is 18.1. The zero-order valence-corrected chi connectivity index (χ0v) is 23.1. The van der Waals surface area contributed by atoms with Crippen LogP contribution in [0, 0.1) is 5.92 Å². The van der Waals surface area contributed by atoms with E-state index in [0.717, 1.165) is 17.7 Å². The number of ketones is 1. The molecule has 38 heavy (non-hydrogen) atoms. The van der Waals surface area contributed by atoms with E-state index in [1.807, 2.05) is 38.1 Å². The number of rotatable bonds is 10. The molecule has 2 aliphatic rings. The summed E-state index contributed by atoms with van der Waals surface area (Å²) in [6, 6.07) is 10.0. The number of likely N-dealkylation sites (N-methyl/N-ethyl adjacent to an activating group) is 1. The lowest BCUT2D eigenvalue weighted by atomic mass is 9.94. The molecular weight excluding hydrogens is 484 g/mol. The smallest absolute Gasteiger partial charge is 0.295 e. The number of carbonyl (C=O) groups is 2. The van der Waals surface area contributed by atoms with Crippen LogP contribution in [0.25, 0.3) is 5.76 Å². The van der Waals surface area contributed by atoms with Gasteiger partial charge in [0.05, 0.1) is 25.3 Å². The number of aliphatic hydroxyl groups excluding tert-OH is 1. The zero-order valence-electron chi connectivity index (χ0n) is 23.1. The van der Waals surface area contributed by atoms with E-state index in [9.17, 15) is 14.7 Å². The zero-order chi connectivity index (χ0) is 27.6. The molecule has 1 saturated heterocycles. The van der Waals surface area contributed by atoms with Crippen LogP contribution in [0.4, 0.5) is 0 Å². The highest BCUT2D eigenvalue weighted by molar-refractivity contribution is 6.46. The molecule has 0 aromatic heterocycles. The molecule has 0 radical (unpaired) electrons. The van der Waals surface area contributed by atoms with Crippen LogP contribution in [0.1, 0.15) is 49.9 Å². The summed E-state index contributed by atoms with van der Waals surface area (Å²) < 4.78 is 17.4. The number of amides is 1. The van der Waals surface area contributed by atoms with Gasteiger partial charge in [-0.2, -0.15) is 0 Å². The van der Waals surface area contributed by atoms with Gasteiger partial charge in [-0.25, -0.2) is 0 Å². The van der Waals surface area contributed by atoms with Crippen molar-refractivity contribution in [2.24, 2.45) is 5.92 Å². The maximum atomic E-state index is 13.4. The average molecular weight is 523 g/mol. The number of fused-ring (bicyclic) bond motifs is 1. The highest BCUT2D eigenvalue weighted by Crippen LogP contribution is 2.42. The fourth-order valence-corrected chi connectivity index (χ4v) is 4.87. The van der Waals surface area contributed by atoms with E-state index in [1.54, 1.807) is 31.4 Å². The number of likely N-dealkylation sites (tertiary alicyclic amines) is 1. The molecule has 2 aromatic rings. The number of nitrogens with zero attached hydrogens (tertiary/aromatic N) is 2. The molecule has 0 aliphatic carbocycles. The SMILES string of the molecule is COc1cc([C@@H]2C(=C(O)c3ccc4c(c3)C[C@@H](C)O4)C(=O)C(=O)N2CCN(C)C)ccc1OCCC(C)C. The number of carbonyl (C=O) groups excluding carboxylic acids is 2. The van der Waals surface area contributed by atoms with Crippen LogP contribution >= 0.6 is 0 Å². The maximum Gasteiger partial charge on any atom is 0.295 e. The lowest BCUT2D eigenvalue weighted by molar-refractivity contribution is -0.140. The standard InChI is InChI=1S/C30H38N2O6/c1-18(2)11-14-37-24-10-7-20(17-25(24)36-6)27-26(29(34)30(35)32(27)13-12-31(4)5)28(33)21-8-9-23-22(16-21)15-19(3)38-23/h7-10,16-19,27,33H,11-15H2,1-6H3/t19-,27-/m1/s1. The summed E-state index contributed by atoms with van der Waals surface area (Å²) in [5.41, 5.74) is 2.18. The first-order valence-corrected chi connectivity index (χ1v) is 13.1. The summed E-state index contributed by atoms with van der Waals surface area (Å²) in [6.07, 6.45) is 1.67. The quantitative estimate of drug-likeness (QED) is 0.281. The Morgan fingerprint density at radius 3 is 2.61 bits per heavy atom. The van der Waals surface area contributed by atoms with Crippen molar-refractivity contribution in [3.8, 4) is 17.2 Å². The minimum Gasteiger partial charge on any atom is -0.507 e. The number of methoxy groups -OCH3 is 1. The van der Waals surface area contributed by atoms with Gasteiger partial charge in [0.15, 0.2) is 11.5 Å². The van der Waals surface area contributed by atoms with Crippen molar-refractivity contribution in [1.82, 2.24) is 9.80 Å². The van der Waals surface area contributed by atoms with Gasteiger partial charge in [-0.3, -0.25) is 9.59 Å². The predicted octanol–water partition coefficient (Wildman–Crippen LogP) is 4.43. The second-order valence-electron chi connectivity index (χ2n) is 10.7. The van der Waals surface area contributed by atoms with Crippen LogP contribution in [0.15, 0.2) is 42.0 Å². The Balaban J connectivity index is 1.77. The third-order valence-corrected chi connectivity index (χ3v) is 6.95. The van der Waals surface area contributed by atoms with Gasteiger partial charge in [0, 0.05) is 25.1 Å². The Hall–Kier alpha value is -3.52. The Bertz CT molecular complexity index is 1240. The molecule has 1 fully saturated rings. The molecule has 8 nitrogen and oxygen atoms in total. The van der Waals surface area contributed by atoms with Crippen molar-refractivity contribution in [3.05, 3.63) is 58.7 Å². The Kier molecular flexibility index (Phi) is 8.31. The molecular formula is C30H38N2O6. The molecule has 2 aliphatic heterocycles. The van der Waals surface area contributed by atoms with Gasteiger partial charge in [0.25, 0.3) is 11.7 Å². The molecule has 2 heterocycles. The van der Waals surface area contributed by atoms with E-state index in [2.05, 4.69) is 13.8 Å². The Morgan fingerprint density at radius 1 is 1.16 bits per heavy atom. The summed E-state index contributed by atoms with van der Waals surface area (Å²) in [5, 5.41) is 11.5. The summed E-state index contributed by atoms with van der Waals surface area (Å²) >= 11 is 0. The minimum atomic E-state index is -0.767. The van der Waals surface area contributed by atoms with Gasteiger partial charge in [-0.15, -0.1) is 0 Å². The highest BCUT2D eigenvalue weighted by atomic mass is 16.5. The fourth-order valence-electron chi connectivity index (χ4n) is 4.87. The van der Waals surface area contributed by atoms with Crippen molar-refractivity contribution in [1.29, 1.82) is 0 Å². The normalized spacial score (nSPS) is 20.3. The Labute approximate surface area is 224 Å². The molecule has 4 rings (SSSR count). The maximum absolute atomic E-state index is 13.4. The van der Waals surface area contributed by atoms with E-state index in [4.69, 9.17) is 14.2 Å². The van der Waals surface area contributed by atoms with Crippen LogP contribution in [-0.4, -0.2) is 73.6 Å². The molecule has 2 atom stereocenters. The van der Waals surface area contributed by atoms with Crippen molar-refractivity contribution in [2.45, 2.75) is 45.8 Å². The summed E-state index contributed by atoms with van der Waals surface area (Å²) in [6.45, 7) is 7.69. The van der Waals surface area contributed by atoms with Gasteiger partial charge in [0.1, 0.15) is 17.6 Å². The van der Waals surface area contributed by atoms with Crippen LogP contribution in [0.3, 0.4) is 0 Å². The Morgan fingerprint density at radius 2 is 1.92 bits per heavy atom. The second-order valence-corrected chi connectivity index (χ2v) is 10.7. The number of benzene rings is 2. The summed E-state index contributed by atoms with van der Waals surface area (Å²) in [4.78, 5) is 30.1. The first kappa shape index (κ1) is 27.5. The van der Waals surface area contributed by atoms with Crippen LogP contribution in [0.2, 0.25) is 0 Å². The van der Waals surface area contributed by atoms with Crippen molar-refractivity contribution < 1.29 is 28.9 Å². The van der Waals surface area contributed by atoms with Gasteiger partial charge in [0.2, 0.25) is 0 Å². The van der Waals surface area contributed by atoms with Gasteiger partial charge < -0.3 is 29.1 Å². The molecule has 8 heteroatoms. The fraction of sp³-hybridized carbons (Fsp3) is 0.467. The lowest BCUT2D eigenvalue weighted by Gasteiger charge is -2.27. The summed E-state index contributed by atoms with van der Waals surface area (Å²) in [7, 11) is 5.38. The first-order valence-electron chi connectivity index (χ1n) is 13.1. The van der Waals surface area contributed by atoms with Crippen molar-refractivity contribution in [2.75, 3.05) is 40.9 Å². The van der Waals surface area contributed by atoms with Crippen LogP contribution in [-0.2, 0) is 16.0 Å². The van der Waals surface area contributed by atoms with Crippen LogP contribution in [0.5, 0.6) is 17.2 Å². The largest absolute Gasteiger partial charge is 0.507 e. The number of hydrogen-bond acceptors (Lipinski definition) is 7. The lowest BCUT2D eigenvalue weighted by Crippen LogP contribution is -2.35. The summed E-state index contributed by atoms with van der Waals surface area (Å²) in [5.74, 6) is 0.850. The van der Waals surface area contributed by atoms with Crippen molar-refractivity contribution >= 4 is 17.4 Å². The van der Waals surface area contributed by atoms with E-state index < -0.39 is 17.7 Å². The minimum absolute atomic E-state index is 0.0488. The van der Waals surface area contributed by atoms with E-state index in [1.165, 1.54) is 4.90 Å². The highest BCUT2D eigenvalue weighted by Gasteiger charge is 2.46.